The van der Waals surface area contributed by atoms with Crippen molar-refractivity contribution in [3.8, 4) is 6.01 Å². The molecule has 0 saturated heterocycles. The van der Waals surface area contributed by atoms with Crippen LogP contribution in [-0.4, -0.2) is 28.6 Å². The van der Waals surface area contributed by atoms with Crippen LogP contribution in [0.2, 0.25) is 0 Å². The van der Waals surface area contributed by atoms with E-state index in [1.165, 1.54) is 7.11 Å². The lowest BCUT2D eigenvalue weighted by Gasteiger charge is -2.22. The minimum absolute atomic E-state index is 0.147. The zero-order chi connectivity index (χ0) is 13.8. The molecular weight excluding hydrogens is 242 g/mol. The van der Waals surface area contributed by atoms with Gasteiger partial charge in [0.25, 0.3) is 0 Å². The Morgan fingerprint density at radius 1 is 1.21 bits per heavy atom. The van der Waals surface area contributed by atoms with Gasteiger partial charge in [0.15, 0.2) is 0 Å². The van der Waals surface area contributed by atoms with E-state index in [1.54, 1.807) is 0 Å². The molecule has 0 aliphatic heterocycles. The Labute approximate surface area is 112 Å². The average Bonchev–Trinajstić information content (AvgIpc) is 2.41. The molecular formula is C13H17N5O. The van der Waals surface area contributed by atoms with E-state index >= 15 is 0 Å². The summed E-state index contributed by atoms with van der Waals surface area (Å²) in [5.74, 6) is 0.634. The number of aromatic nitrogens is 3. The minimum Gasteiger partial charge on any atom is -0.467 e. The quantitative estimate of drug-likeness (QED) is 0.904. The highest BCUT2D eigenvalue weighted by Gasteiger charge is 2.14. The number of nitrogen functional groups attached to an aromatic ring is 1. The van der Waals surface area contributed by atoms with Gasteiger partial charge in [0.05, 0.1) is 7.11 Å². The summed E-state index contributed by atoms with van der Waals surface area (Å²) >= 11 is 0. The average molecular weight is 259 g/mol. The molecule has 0 spiro atoms. The highest BCUT2D eigenvalue weighted by atomic mass is 16.5. The fraction of sp³-hybridized carbons (Fsp3) is 0.308. The van der Waals surface area contributed by atoms with Crippen molar-refractivity contribution in [2.45, 2.75) is 13.8 Å². The van der Waals surface area contributed by atoms with Crippen LogP contribution in [0.3, 0.4) is 0 Å². The first-order valence-corrected chi connectivity index (χ1v) is 6.04. The molecule has 6 nitrogen and oxygen atoms in total. The summed E-state index contributed by atoms with van der Waals surface area (Å²) in [6, 6.07) is 8.25. The van der Waals surface area contributed by atoms with Gasteiger partial charge >= 0.3 is 6.01 Å². The second-order valence-electron chi connectivity index (χ2n) is 4.01. The highest BCUT2D eigenvalue weighted by Crippen LogP contribution is 2.26. The molecule has 1 aromatic heterocycles. The fourth-order valence-corrected chi connectivity index (χ4v) is 1.86. The number of anilines is 3. The third-order valence-electron chi connectivity index (χ3n) is 2.77. The van der Waals surface area contributed by atoms with Gasteiger partial charge < -0.3 is 15.4 Å². The van der Waals surface area contributed by atoms with E-state index in [2.05, 4.69) is 15.0 Å². The number of aryl methyl sites for hydroxylation is 1. The zero-order valence-electron chi connectivity index (χ0n) is 11.3. The van der Waals surface area contributed by atoms with Gasteiger partial charge in [0.1, 0.15) is 0 Å². The summed E-state index contributed by atoms with van der Waals surface area (Å²) < 4.78 is 5.03. The molecule has 1 heterocycles. The third kappa shape index (κ3) is 2.73. The molecule has 100 valence electrons. The first kappa shape index (κ1) is 13.1. The predicted octanol–water partition coefficient (Wildman–Crippen LogP) is 1.93. The molecule has 0 unspecified atom stereocenters. The van der Waals surface area contributed by atoms with Crippen LogP contribution in [0.1, 0.15) is 12.5 Å². The number of methoxy groups -OCH3 is 1. The van der Waals surface area contributed by atoms with Crippen molar-refractivity contribution >= 4 is 17.6 Å². The maximum absolute atomic E-state index is 5.67. The third-order valence-corrected chi connectivity index (χ3v) is 2.77. The van der Waals surface area contributed by atoms with Gasteiger partial charge in [-0.2, -0.15) is 15.0 Å². The lowest BCUT2D eigenvalue weighted by molar-refractivity contribution is 0.379. The molecule has 0 atom stereocenters. The van der Waals surface area contributed by atoms with Crippen LogP contribution in [0.4, 0.5) is 17.6 Å². The van der Waals surface area contributed by atoms with Crippen molar-refractivity contribution in [2.24, 2.45) is 0 Å². The Hall–Kier alpha value is -2.37. The summed E-state index contributed by atoms with van der Waals surface area (Å²) in [5, 5.41) is 0. The maximum Gasteiger partial charge on any atom is 0.322 e. The Bertz CT molecular complexity index is 573. The van der Waals surface area contributed by atoms with E-state index in [-0.39, 0.29) is 12.0 Å². The van der Waals surface area contributed by atoms with Crippen molar-refractivity contribution < 1.29 is 4.74 Å². The highest BCUT2D eigenvalue weighted by molar-refractivity contribution is 5.61. The van der Waals surface area contributed by atoms with Crippen molar-refractivity contribution in [1.82, 2.24) is 15.0 Å². The van der Waals surface area contributed by atoms with Crippen molar-refractivity contribution in [3.05, 3.63) is 29.8 Å². The van der Waals surface area contributed by atoms with Crippen molar-refractivity contribution in [1.29, 1.82) is 0 Å². The van der Waals surface area contributed by atoms with E-state index in [9.17, 15) is 0 Å². The molecule has 19 heavy (non-hydrogen) atoms. The van der Waals surface area contributed by atoms with Crippen LogP contribution in [-0.2, 0) is 0 Å². The van der Waals surface area contributed by atoms with Gasteiger partial charge in [-0.3, -0.25) is 0 Å². The first-order valence-electron chi connectivity index (χ1n) is 6.04. The van der Waals surface area contributed by atoms with Crippen LogP contribution >= 0.6 is 0 Å². The number of nitrogens with zero attached hydrogens (tertiary/aromatic N) is 4. The minimum atomic E-state index is 0.147. The molecule has 2 rings (SSSR count). The Morgan fingerprint density at radius 2 is 1.95 bits per heavy atom. The molecule has 0 aliphatic carbocycles. The molecule has 1 aromatic carbocycles. The van der Waals surface area contributed by atoms with Crippen LogP contribution < -0.4 is 15.4 Å². The van der Waals surface area contributed by atoms with Crippen LogP contribution in [0.15, 0.2) is 24.3 Å². The summed E-state index contributed by atoms with van der Waals surface area (Å²) in [7, 11) is 1.50. The van der Waals surface area contributed by atoms with Gasteiger partial charge in [-0.1, -0.05) is 18.2 Å². The molecule has 0 radical (unpaired) electrons. The van der Waals surface area contributed by atoms with E-state index in [0.717, 1.165) is 17.8 Å². The topological polar surface area (TPSA) is 77.2 Å². The number of hydrogen-bond acceptors (Lipinski definition) is 6. The standard InChI is InChI=1S/C13H17N5O/c1-4-18(10-8-6-5-7-9(10)2)12-15-11(14)16-13(17-12)19-3/h5-8H,4H2,1-3H3,(H2,14,15,16,17). The molecule has 0 fully saturated rings. The normalized spacial score (nSPS) is 10.3. The number of ether oxygens (including phenoxy) is 1. The van der Waals surface area contributed by atoms with Crippen molar-refractivity contribution in [3.63, 3.8) is 0 Å². The van der Waals surface area contributed by atoms with Crippen LogP contribution in [0.5, 0.6) is 6.01 Å². The molecule has 0 amide bonds. The molecule has 6 heteroatoms. The van der Waals surface area contributed by atoms with Crippen molar-refractivity contribution in [2.75, 3.05) is 24.3 Å². The van der Waals surface area contributed by atoms with Gasteiger partial charge in [0, 0.05) is 12.2 Å². The Balaban J connectivity index is 2.48. The number of rotatable bonds is 4. The molecule has 0 saturated carbocycles. The Kier molecular flexibility index (Phi) is 3.79. The first-order chi connectivity index (χ1) is 9.15. The number of hydrogen-bond donors (Lipinski definition) is 1. The smallest absolute Gasteiger partial charge is 0.322 e. The number of para-hydroxylation sites is 1. The molecule has 2 aromatic rings. The van der Waals surface area contributed by atoms with Gasteiger partial charge in [0.2, 0.25) is 11.9 Å². The lowest BCUT2D eigenvalue weighted by Crippen LogP contribution is -2.21. The van der Waals surface area contributed by atoms with Crippen LogP contribution in [0.25, 0.3) is 0 Å². The number of benzene rings is 1. The molecule has 2 N–H and O–H groups in total. The summed E-state index contributed by atoms with van der Waals surface area (Å²) in [6.07, 6.45) is 0. The second-order valence-corrected chi connectivity index (χ2v) is 4.01. The Morgan fingerprint density at radius 3 is 2.58 bits per heavy atom. The summed E-state index contributed by atoms with van der Waals surface area (Å²) in [4.78, 5) is 14.3. The maximum atomic E-state index is 5.67. The second kappa shape index (κ2) is 5.51. The SMILES string of the molecule is CCN(c1nc(N)nc(OC)n1)c1ccccc1C. The number of nitrogens with two attached hydrogens (primary N) is 1. The van der Waals surface area contributed by atoms with E-state index in [1.807, 2.05) is 43.0 Å². The monoisotopic (exact) mass is 259 g/mol. The zero-order valence-corrected chi connectivity index (χ0v) is 11.3. The summed E-state index contributed by atoms with van der Waals surface area (Å²) in [6.45, 7) is 4.79. The molecule has 0 bridgehead atoms. The van der Waals surface area contributed by atoms with E-state index in [4.69, 9.17) is 10.5 Å². The van der Waals surface area contributed by atoms with Gasteiger partial charge in [-0.25, -0.2) is 0 Å². The van der Waals surface area contributed by atoms with Crippen LogP contribution in [0, 0.1) is 6.92 Å². The lowest BCUT2D eigenvalue weighted by atomic mass is 10.2. The van der Waals surface area contributed by atoms with E-state index in [0.29, 0.717) is 5.95 Å². The van der Waals surface area contributed by atoms with Gasteiger partial charge in [-0.15, -0.1) is 0 Å². The molecule has 0 aliphatic rings. The fourth-order valence-electron chi connectivity index (χ4n) is 1.86. The van der Waals surface area contributed by atoms with Gasteiger partial charge in [-0.05, 0) is 25.5 Å². The largest absolute Gasteiger partial charge is 0.467 e. The predicted molar refractivity (Wildman–Crippen MR) is 74.7 cm³/mol. The summed E-state index contributed by atoms with van der Waals surface area (Å²) in [5.41, 5.74) is 7.86. The van der Waals surface area contributed by atoms with E-state index < -0.39 is 0 Å².